The topological polar surface area (TPSA) is 65.5 Å². The molecule has 4 atom stereocenters. The lowest BCUT2D eigenvalue weighted by Crippen LogP contribution is -2.47. The summed E-state index contributed by atoms with van der Waals surface area (Å²) in [4.78, 5) is 19.7. The second-order valence-corrected chi connectivity index (χ2v) is 9.64. The van der Waals surface area contributed by atoms with E-state index in [1.54, 1.807) is 4.90 Å². The minimum atomic E-state index is -0.314. The maximum absolute atomic E-state index is 13.8. The third-order valence-corrected chi connectivity index (χ3v) is 6.10. The van der Waals surface area contributed by atoms with Crippen molar-refractivity contribution in [3.8, 4) is 5.75 Å². The Kier molecular flexibility index (Phi) is 10.3. The molecule has 0 radical (unpaired) electrons. The molecule has 0 bridgehead atoms. The number of likely N-dealkylation sites (N-methyl/N-ethyl adjacent to an activating group) is 1. The highest BCUT2D eigenvalue weighted by atomic mass is 16.5. The highest BCUT2D eigenvalue weighted by molar-refractivity contribution is 5.98. The molecule has 1 aliphatic rings. The van der Waals surface area contributed by atoms with Crippen molar-refractivity contribution in [2.75, 3.05) is 59.4 Å². The zero-order valence-electron chi connectivity index (χ0n) is 21.0. The number of aliphatic hydroxyl groups excluding tert-OH is 1. The van der Waals surface area contributed by atoms with E-state index >= 15 is 0 Å². The molecule has 0 spiro atoms. The lowest BCUT2D eigenvalue weighted by atomic mass is 10.0. The van der Waals surface area contributed by atoms with Crippen LogP contribution < -0.4 is 9.64 Å². The summed E-state index contributed by atoms with van der Waals surface area (Å²) in [6, 6.07) is 5.46. The monoisotopic (exact) mass is 449 g/mol. The fourth-order valence-electron chi connectivity index (χ4n) is 4.01. The zero-order chi connectivity index (χ0) is 23.8. The average Bonchev–Trinajstić information content (AvgIpc) is 2.74. The predicted octanol–water partition coefficient (Wildman–Crippen LogP) is 3.11. The SMILES string of the molecule is C[C@@H]1CCCCO[C@H](CN(C)C)[C@H](C)CN([C@@H](C)CO)C(=O)c2cc(N(C)C)ccc2O1. The number of anilines is 1. The lowest BCUT2D eigenvalue weighted by Gasteiger charge is -2.35. The van der Waals surface area contributed by atoms with E-state index < -0.39 is 0 Å². The Bertz CT molecular complexity index is 725. The summed E-state index contributed by atoms with van der Waals surface area (Å²) in [6.45, 7) is 7.94. The number of fused-ring (bicyclic) bond motifs is 1. The van der Waals surface area contributed by atoms with Crippen molar-refractivity contribution < 1.29 is 19.4 Å². The second-order valence-electron chi connectivity index (χ2n) is 9.64. The van der Waals surface area contributed by atoms with Gasteiger partial charge in [-0.2, -0.15) is 0 Å². The Morgan fingerprint density at radius 1 is 1.19 bits per heavy atom. The number of nitrogens with zero attached hydrogens (tertiary/aromatic N) is 3. The molecule has 182 valence electrons. The molecule has 2 rings (SSSR count). The van der Waals surface area contributed by atoms with Gasteiger partial charge in [-0.15, -0.1) is 0 Å². The van der Waals surface area contributed by atoms with Gasteiger partial charge in [0.25, 0.3) is 5.91 Å². The highest BCUT2D eigenvalue weighted by Crippen LogP contribution is 2.29. The van der Waals surface area contributed by atoms with Gasteiger partial charge in [-0.1, -0.05) is 6.92 Å². The lowest BCUT2D eigenvalue weighted by molar-refractivity contribution is -0.0137. The number of hydrogen-bond donors (Lipinski definition) is 1. The van der Waals surface area contributed by atoms with E-state index in [1.165, 1.54) is 0 Å². The molecule has 0 aromatic heterocycles. The molecule has 0 fully saturated rings. The standard InChI is InChI=1S/C25H43N3O4/c1-18-15-28(19(2)17-29)25(30)22-14-21(27(6)7)11-12-23(22)32-20(3)10-8-9-13-31-24(18)16-26(4)5/h11-12,14,18-20,24,29H,8-10,13,15-17H2,1-7H3/t18-,19+,20-,24-/m1/s1. The Morgan fingerprint density at radius 2 is 1.91 bits per heavy atom. The van der Waals surface area contributed by atoms with Gasteiger partial charge < -0.3 is 29.3 Å². The van der Waals surface area contributed by atoms with Crippen LogP contribution in [0.2, 0.25) is 0 Å². The molecule has 0 unspecified atom stereocenters. The Labute approximate surface area is 194 Å². The van der Waals surface area contributed by atoms with Crippen LogP contribution in [0.1, 0.15) is 50.4 Å². The molecule has 1 heterocycles. The Hall–Kier alpha value is -1.83. The van der Waals surface area contributed by atoms with E-state index in [0.29, 0.717) is 24.5 Å². The van der Waals surface area contributed by atoms with Crippen molar-refractivity contribution in [2.45, 2.75) is 58.3 Å². The van der Waals surface area contributed by atoms with Gasteiger partial charge >= 0.3 is 0 Å². The largest absolute Gasteiger partial charge is 0.490 e. The first kappa shape index (κ1) is 26.4. The van der Waals surface area contributed by atoms with E-state index in [0.717, 1.165) is 31.5 Å². The first-order chi connectivity index (χ1) is 15.1. The highest BCUT2D eigenvalue weighted by Gasteiger charge is 2.30. The number of rotatable bonds is 5. The molecule has 7 nitrogen and oxygen atoms in total. The maximum atomic E-state index is 13.8. The molecule has 7 heteroatoms. The Morgan fingerprint density at radius 3 is 2.53 bits per heavy atom. The van der Waals surface area contributed by atoms with Gasteiger partial charge in [0.1, 0.15) is 5.75 Å². The second kappa shape index (κ2) is 12.4. The van der Waals surface area contributed by atoms with Crippen LogP contribution in [0.4, 0.5) is 5.69 Å². The molecule has 32 heavy (non-hydrogen) atoms. The van der Waals surface area contributed by atoms with E-state index in [-0.39, 0.29) is 36.7 Å². The summed E-state index contributed by atoms with van der Waals surface area (Å²) in [5.41, 5.74) is 1.48. The van der Waals surface area contributed by atoms with Crippen LogP contribution in [-0.2, 0) is 4.74 Å². The molecule has 1 aromatic carbocycles. The average molecular weight is 450 g/mol. The third kappa shape index (κ3) is 7.36. The quantitative estimate of drug-likeness (QED) is 0.745. The summed E-state index contributed by atoms with van der Waals surface area (Å²) in [5, 5.41) is 9.93. The number of carbonyl (C=O) groups is 1. The normalized spacial score (nSPS) is 24.5. The number of amides is 1. The minimum absolute atomic E-state index is 0.00472. The summed E-state index contributed by atoms with van der Waals surface area (Å²) < 4.78 is 12.5. The van der Waals surface area contributed by atoms with Crippen LogP contribution in [0.15, 0.2) is 18.2 Å². The van der Waals surface area contributed by atoms with Crippen molar-refractivity contribution in [3.63, 3.8) is 0 Å². The summed E-state index contributed by atoms with van der Waals surface area (Å²) in [5.74, 6) is 0.595. The van der Waals surface area contributed by atoms with Gasteiger partial charge in [0.2, 0.25) is 0 Å². The summed E-state index contributed by atoms with van der Waals surface area (Å²) in [6.07, 6.45) is 2.89. The van der Waals surface area contributed by atoms with Crippen molar-refractivity contribution in [1.82, 2.24) is 9.80 Å². The van der Waals surface area contributed by atoms with E-state index in [9.17, 15) is 9.90 Å². The maximum Gasteiger partial charge on any atom is 0.258 e. The van der Waals surface area contributed by atoms with Gasteiger partial charge in [-0.3, -0.25) is 4.79 Å². The number of hydrogen-bond acceptors (Lipinski definition) is 6. The first-order valence-electron chi connectivity index (χ1n) is 11.8. The molecule has 0 saturated carbocycles. The van der Waals surface area contributed by atoms with Crippen molar-refractivity contribution in [2.24, 2.45) is 5.92 Å². The van der Waals surface area contributed by atoms with Crippen molar-refractivity contribution in [3.05, 3.63) is 23.8 Å². The van der Waals surface area contributed by atoms with E-state index in [1.807, 2.05) is 65.1 Å². The van der Waals surface area contributed by atoms with Gasteiger partial charge in [-0.05, 0) is 65.4 Å². The fraction of sp³-hybridized carbons (Fsp3) is 0.720. The van der Waals surface area contributed by atoms with Crippen LogP contribution in [0.5, 0.6) is 5.75 Å². The number of benzene rings is 1. The van der Waals surface area contributed by atoms with Gasteiger partial charge in [-0.25, -0.2) is 0 Å². The molecule has 0 aliphatic carbocycles. The van der Waals surface area contributed by atoms with Crippen LogP contribution >= 0.6 is 0 Å². The zero-order valence-corrected chi connectivity index (χ0v) is 21.0. The van der Waals surface area contributed by atoms with Gasteiger partial charge in [0, 0.05) is 45.4 Å². The molecule has 1 amide bonds. The number of aliphatic hydroxyl groups is 1. The molecule has 0 saturated heterocycles. The Balaban J connectivity index is 2.48. The van der Waals surface area contributed by atoms with Crippen LogP contribution in [0.3, 0.4) is 0 Å². The molecular formula is C25H43N3O4. The summed E-state index contributed by atoms with van der Waals surface area (Å²) in [7, 11) is 7.99. The van der Waals surface area contributed by atoms with E-state index in [4.69, 9.17) is 9.47 Å². The number of carbonyl (C=O) groups excluding carboxylic acids is 1. The molecular weight excluding hydrogens is 406 g/mol. The van der Waals surface area contributed by atoms with Gasteiger partial charge in [0.05, 0.1) is 30.4 Å². The van der Waals surface area contributed by atoms with Crippen LogP contribution in [-0.4, -0.2) is 93.6 Å². The van der Waals surface area contributed by atoms with E-state index in [2.05, 4.69) is 11.8 Å². The molecule has 1 aliphatic heterocycles. The van der Waals surface area contributed by atoms with Crippen molar-refractivity contribution in [1.29, 1.82) is 0 Å². The van der Waals surface area contributed by atoms with Crippen LogP contribution in [0.25, 0.3) is 0 Å². The number of ether oxygens (including phenoxy) is 2. The minimum Gasteiger partial charge on any atom is -0.490 e. The molecule has 1 aromatic rings. The van der Waals surface area contributed by atoms with Gasteiger partial charge in [0.15, 0.2) is 0 Å². The van der Waals surface area contributed by atoms with Crippen LogP contribution in [0, 0.1) is 5.92 Å². The fourth-order valence-corrected chi connectivity index (χ4v) is 4.01. The van der Waals surface area contributed by atoms with Crippen molar-refractivity contribution >= 4 is 11.6 Å². The predicted molar refractivity (Wildman–Crippen MR) is 130 cm³/mol. The smallest absolute Gasteiger partial charge is 0.258 e. The summed E-state index contributed by atoms with van der Waals surface area (Å²) >= 11 is 0. The first-order valence-corrected chi connectivity index (χ1v) is 11.8. The third-order valence-electron chi connectivity index (χ3n) is 6.10. The molecule has 1 N–H and O–H groups in total.